The van der Waals surface area contributed by atoms with Crippen molar-refractivity contribution in [3.8, 4) is 5.75 Å². The van der Waals surface area contributed by atoms with E-state index in [9.17, 15) is 10.1 Å². The van der Waals surface area contributed by atoms with Crippen molar-refractivity contribution in [2.24, 2.45) is 0 Å². The summed E-state index contributed by atoms with van der Waals surface area (Å²) in [4.78, 5) is 10.5. The molecule has 0 amide bonds. The van der Waals surface area contributed by atoms with Crippen LogP contribution in [0.4, 0.5) is 5.69 Å². The molecule has 0 atom stereocenters. The van der Waals surface area contributed by atoms with Crippen molar-refractivity contribution < 1.29 is 9.66 Å². The van der Waals surface area contributed by atoms with E-state index < -0.39 is 4.92 Å². The molecule has 5 nitrogen and oxygen atoms in total. The van der Waals surface area contributed by atoms with Crippen LogP contribution in [0.3, 0.4) is 0 Å². The highest BCUT2D eigenvalue weighted by molar-refractivity contribution is 7.07. The lowest BCUT2D eigenvalue weighted by molar-refractivity contribution is -0.386. The summed E-state index contributed by atoms with van der Waals surface area (Å²) >= 11 is 1.57. The SMILES string of the molecule is CNCc1ccc([N+](=O)[O-])c(OCc2ccsc2)c1. The molecule has 0 aliphatic carbocycles. The lowest BCUT2D eigenvalue weighted by Crippen LogP contribution is -2.06. The van der Waals surface area contributed by atoms with Gasteiger partial charge in [-0.05, 0) is 41.1 Å². The topological polar surface area (TPSA) is 64.4 Å². The number of nitro benzene ring substituents is 1. The van der Waals surface area contributed by atoms with E-state index in [1.165, 1.54) is 6.07 Å². The number of ether oxygens (including phenoxy) is 1. The maximum Gasteiger partial charge on any atom is 0.310 e. The van der Waals surface area contributed by atoms with Crippen molar-refractivity contribution in [1.82, 2.24) is 5.32 Å². The molecule has 0 saturated carbocycles. The normalized spacial score (nSPS) is 10.4. The third-order valence-electron chi connectivity index (χ3n) is 2.58. The number of benzene rings is 1. The van der Waals surface area contributed by atoms with Crippen molar-refractivity contribution in [1.29, 1.82) is 0 Å². The Balaban J connectivity index is 2.19. The first kappa shape index (κ1) is 13.5. The van der Waals surface area contributed by atoms with Gasteiger partial charge in [-0.25, -0.2) is 0 Å². The van der Waals surface area contributed by atoms with Crippen molar-refractivity contribution in [2.75, 3.05) is 7.05 Å². The van der Waals surface area contributed by atoms with Crippen LogP contribution in [0.1, 0.15) is 11.1 Å². The Morgan fingerprint density at radius 3 is 2.84 bits per heavy atom. The lowest BCUT2D eigenvalue weighted by atomic mass is 10.2. The molecule has 0 aliphatic rings. The predicted octanol–water partition coefficient (Wildman–Crippen LogP) is 2.95. The summed E-state index contributed by atoms with van der Waals surface area (Å²) in [6.45, 7) is 0.986. The van der Waals surface area contributed by atoms with Crippen LogP contribution in [0.25, 0.3) is 0 Å². The fourth-order valence-electron chi connectivity index (χ4n) is 1.67. The summed E-state index contributed by atoms with van der Waals surface area (Å²) in [5.74, 6) is 0.309. The van der Waals surface area contributed by atoms with E-state index >= 15 is 0 Å². The maximum atomic E-state index is 11.0. The maximum absolute atomic E-state index is 11.0. The van der Waals surface area contributed by atoms with Crippen LogP contribution in [-0.2, 0) is 13.2 Å². The summed E-state index contributed by atoms with van der Waals surface area (Å²) in [6, 6.07) is 6.86. The second-order valence-electron chi connectivity index (χ2n) is 4.01. The summed E-state index contributed by atoms with van der Waals surface area (Å²) in [7, 11) is 1.83. The molecule has 6 heteroatoms. The van der Waals surface area contributed by atoms with E-state index in [4.69, 9.17) is 4.74 Å². The number of nitro groups is 1. The Morgan fingerprint density at radius 2 is 2.21 bits per heavy atom. The molecule has 1 heterocycles. The Morgan fingerprint density at radius 1 is 1.37 bits per heavy atom. The Hall–Kier alpha value is -1.92. The molecule has 100 valence electrons. The molecule has 0 radical (unpaired) electrons. The highest BCUT2D eigenvalue weighted by Gasteiger charge is 2.15. The minimum absolute atomic E-state index is 0.00455. The number of hydrogen-bond acceptors (Lipinski definition) is 5. The first-order valence-corrected chi connectivity index (χ1v) is 6.71. The summed E-state index contributed by atoms with van der Waals surface area (Å²) < 4.78 is 5.57. The standard InChI is InChI=1S/C13H14N2O3S/c1-14-7-10-2-3-12(15(16)17)13(6-10)18-8-11-4-5-19-9-11/h2-6,9,14H,7-8H2,1H3. The molecule has 0 aliphatic heterocycles. The molecular formula is C13H14N2O3S. The minimum atomic E-state index is -0.424. The van der Waals surface area contributed by atoms with Gasteiger partial charge in [-0.1, -0.05) is 6.07 Å². The van der Waals surface area contributed by atoms with Crippen LogP contribution in [0.15, 0.2) is 35.0 Å². The molecule has 1 N–H and O–H groups in total. The second-order valence-corrected chi connectivity index (χ2v) is 4.79. The third-order valence-corrected chi connectivity index (χ3v) is 3.31. The van der Waals surface area contributed by atoms with Gasteiger partial charge in [-0.2, -0.15) is 11.3 Å². The van der Waals surface area contributed by atoms with Gasteiger partial charge in [0.05, 0.1) is 4.92 Å². The molecule has 1 aromatic heterocycles. The zero-order valence-corrected chi connectivity index (χ0v) is 11.3. The molecule has 0 saturated heterocycles. The zero-order chi connectivity index (χ0) is 13.7. The summed E-state index contributed by atoms with van der Waals surface area (Å²) in [5.41, 5.74) is 1.96. The van der Waals surface area contributed by atoms with Crippen molar-refractivity contribution in [3.63, 3.8) is 0 Å². The Kier molecular flexibility index (Phi) is 4.48. The van der Waals surface area contributed by atoms with Gasteiger partial charge < -0.3 is 10.1 Å². The number of thiophene rings is 1. The van der Waals surface area contributed by atoms with Crippen molar-refractivity contribution in [3.05, 3.63) is 56.3 Å². The second kappa shape index (κ2) is 6.31. The van der Waals surface area contributed by atoms with Crippen LogP contribution >= 0.6 is 11.3 Å². The first-order valence-electron chi connectivity index (χ1n) is 5.76. The van der Waals surface area contributed by atoms with Crippen LogP contribution in [0, 0.1) is 10.1 Å². The molecule has 1 aromatic carbocycles. The van der Waals surface area contributed by atoms with Gasteiger partial charge in [0.1, 0.15) is 6.61 Å². The summed E-state index contributed by atoms with van der Waals surface area (Å²) in [6.07, 6.45) is 0. The molecule has 19 heavy (non-hydrogen) atoms. The fraction of sp³-hybridized carbons (Fsp3) is 0.231. The number of hydrogen-bond donors (Lipinski definition) is 1. The highest BCUT2D eigenvalue weighted by atomic mass is 32.1. The minimum Gasteiger partial charge on any atom is -0.482 e. The van der Waals surface area contributed by atoms with Crippen LogP contribution < -0.4 is 10.1 Å². The zero-order valence-electron chi connectivity index (χ0n) is 10.5. The molecular weight excluding hydrogens is 264 g/mol. The van der Waals surface area contributed by atoms with Crippen molar-refractivity contribution >= 4 is 17.0 Å². The monoisotopic (exact) mass is 278 g/mol. The van der Waals surface area contributed by atoms with Gasteiger partial charge in [0.25, 0.3) is 0 Å². The van der Waals surface area contributed by atoms with Gasteiger partial charge >= 0.3 is 5.69 Å². The van der Waals surface area contributed by atoms with E-state index in [1.54, 1.807) is 23.5 Å². The van der Waals surface area contributed by atoms with Crippen LogP contribution in [0.5, 0.6) is 5.75 Å². The Bertz CT molecular complexity index is 555. The van der Waals surface area contributed by atoms with E-state index in [0.29, 0.717) is 18.9 Å². The van der Waals surface area contributed by atoms with Gasteiger partial charge in [0, 0.05) is 12.6 Å². The van der Waals surface area contributed by atoms with Gasteiger partial charge in [-0.15, -0.1) is 0 Å². The molecule has 0 bridgehead atoms. The third kappa shape index (κ3) is 3.52. The van der Waals surface area contributed by atoms with Crippen LogP contribution in [-0.4, -0.2) is 12.0 Å². The quantitative estimate of drug-likeness (QED) is 0.651. The van der Waals surface area contributed by atoms with E-state index in [0.717, 1.165) is 11.1 Å². The van der Waals surface area contributed by atoms with Crippen LogP contribution in [0.2, 0.25) is 0 Å². The smallest absolute Gasteiger partial charge is 0.310 e. The molecule has 0 spiro atoms. The first-order chi connectivity index (χ1) is 9.20. The van der Waals surface area contributed by atoms with Gasteiger partial charge in [0.2, 0.25) is 0 Å². The molecule has 2 aromatic rings. The fourth-order valence-corrected chi connectivity index (χ4v) is 2.33. The molecule has 2 rings (SSSR count). The average Bonchev–Trinajstić information content (AvgIpc) is 2.89. The number of nitrogens with zero attached hydrogens (tertiary/aromatic N) is 1. The lowest BCUT2D eigenvalue weighted by Gasteiger charge is -2.08. The average molecular weight is 278 g/mol. The summed E-state index contributed by atoms with van der Waals surface area (Å²) in [5, 5.41) is 17.9. The van der Waals surface area contributed by atoms with Crippen molar-refractivity contribution in [2.45, 2.75) is 13.2 Å². The van der Waals surface area contributed by atoms with Gasteiger partial charge in [-0.3, -0.25) is 10.1 Å². The highest BCUT2D eigenvalue weighted by Crippen LogP contribution is 2.29. The van der Waals surface area contributed by atoms with Gasteiger partial charge in [0.15, 0.2) is 5.75 Å². The van der Waals surface area contributed by atoms with E-state index in [1.807, 2.05) is 23.9 Å². The largest absolute Gasteiger partial charge is 0.482 e. The Labute approximate surface area is 115 Å². The molecule has 0 fully saturated rings. The van der Waals surface area contributed by atoms with E-state index in [2.05, 4.69) is 5.32 Å². The predicted molar refractivity (Wildman–Crippen MR) is 74.5 cm³/mol. The van der Waals surface area contributed by atoms with E-state index in [-0.39, 0.29) is 5.69 Å². The number of nitrogens with one attached hydrogen (secondary N) is 1. The molecule has 0 unspecified atom stereocenters. The number of rotatable bonds is 6.